The summed E-state index contributed by atoms with van der Waals surface area (Å²) in [5.74, 6) is -0.473. The number of nitrogens with zero attached hydrogens (tertiary/aromatic N) is 3. The maximum atomic E-state index is 11.3. The Bertz CT molecular complexity index is 362. The summed E-state index contributed by atoms with van der Waals surface area (Å²) in [6, 6.07) is 1.81. The number of sulfonamides is 1. The second kappa shape index (κ2) is 5.59. The third kappa shape index (κ3) is 4.06. The number of rotatable bonds is 4. The summed E-state index contributed by atoms with van der Waals surface area (Å²) in [7, 11) is 0.572. The first-order valence-electron chi connectivity index (χ1n) is 5.17. The fourth-order valence-corrected chi connectivity index (χ4v) is 2.40. The van der Waals surface area contributed by atoms with Crippen LogP contribution in [0.4, 0.5) is 0 Å². The lowest BCUT2D eigenvalue weighted by molar-refractivity contribution is 0.117. The van der Waals surface area contributed by atoms with Crippen LogP contribution in [-0.4, -0.2) is 70.3 Å². The third-order valence-corrected chi connectivity index (χ3v) is 3.89. The Morgan fingerprint density at radius 3 is 2.75 bits per heavy atom. The van der Waals surface area contributed by atoms with E-state index < -0.39 is 15.8 Å². The standard InChI is InChI=1S/C9H18N4O2S/c1-12-4-5-13(2)9(8-12)7-11-16(14,15)6-3-10/h9,11H,4-8H2,1-2H3. The molecule has 1 unspecified atom stereocenters. The van der Waals surface area contributed by atoms with Crippen LogP contribution < -0.4 is 4.72 Å². The number of nitrogens with one attached hydrogen (secondary N) is 1. The van der Waals surface area contributed by atoms with E-state index in [-0.39, 0.29) is 6.04 Å². The topological polar surface area (TPSA) is 76.4 Å². The summed E-state index contributed by atoms with van der Waals surface area (Å²) in [6.45, 7) is 3.13. The van der Waals surface area contributed by atoms with Gasteiger partial charge in [0.15, 0.2) is 5.75 Å². The van der Waals surface area contributed by atoms with Gasteiger partial charge >= 0.3 is 0 Å². The molecule has 1 atom stereocenters. The highest BCUT2D eigenvalue weighted by Gasteiger charge is 2.23. The number of hydrogen-bond acceptors (Lipinski definition) is 5. The summed E-state index contributed by atoms with van der Waals surface area (Å²) in [4.78, 5) is 4.30. The Morgan fingerprint density at radius 2 is 2.12 bits per heavy atom. The van der Waals surface area contributed by atoms with Crippen LogP contribution >= 0.6 is 0 Å². The van der Waals surface area contributed by atoms with Crippen molar-refractivity contribution < 1.29 is 8.42 Å². The molecule has 92 valence electrons. The molecule has 16 heavy (non-hydrogen) atoms. The molecule has 1 aliphatic rings. The summed E-state index contributed by atoms with van der Waals surface area (Å²) < 4.78 is 25.1. The molecule has 1 rings (SSSR count). The molecule has 1 N–H and O–H groups in total. The Balaban J connectivity index is 2.45. The average molecular weight is 246 g/mol. The van der Waals surface area contributed by atoms with E-state index in [1.165, 1.54) is 0 Å². The van der Waals surface area contributed by atoms with Gasteiger partial charge in [-0.05, 0) is 14.1 Å². The maximum absolute atomic E-state index is 11.3. The van der Waals surface area contributed by atoms with Crippen molar-refractivity contribution in [1.29, 1.82) is 5.26 Å². The largest absolute Gasteiger partial charge is 0.303 e. The molecule has 0 amide bonds. The van der Waals surface area contributed by atoms with Crippen molar-refractivity contribution in [2.75, 3.05) is 46.0 Å². The molecule has 0 aromatic rings. The van der Waals surface area contributed by atoms with Crippen molar-refractivity contribution in [1.82, 2.24) is 14.5 Å². The Morgan fingerprint density at radius 1 is 1.44 bits per heavy atom. The van der Waals surface area contributed by atoms with Crippen molar-refractivity contribution in [2.24, 2.45) is 0 Å². The Kier molecular flexibility index (Phi) is 4.68. The molecular formula is C9H18N4O2S. The predicted molar refractivity (Wildman–Crippen MR) is 61.3 cm³/mol. The number of hydrogen-bond donors (Lipinski definition) is 1. The predicted octanol–water partition coefficient (Wildman–Crippen LogP) is -1.32. The molecule has 1 saturated heterocycles. The molecule has 1 aliphatic heterocycles. The lowest BCUT2D eigenvalue weighted by Crippen LogP contribution is -2.54. The smallest absolute Gasteiger partial charge is 0.225 e. The van der Waals surface area contributed by atoms with Crippen molar-refractivity contribution in [3.8, 4) is 6.07 Å². The van der Waals surface area contributed by atoms with Crippen LogP contribution in [0, 0.1) is 11.3 Å². The monoisotopic (exact) mass is 246 g/mol. The normalized spacial score (nSPS) is 24.2. The van der Waals surface area contributed by atoms with Crippen LogP contribution in [-0.2, 0) is 10.0 Å². The highest BCUT2D eigenvalue weighted by molar-refractivity contribution is 7.89. The van der Waals surface area contributed by atoms with Crippen LogP contribution in [0.3, 0.4) is 0 Å². The molecule has 1 fully saturated rings. The van der Waals surface area contributed by atoms with Gasteiger partial charge < -0.3 is 4.90 Å². The SMILES string of the molecule is CN1CCN(C)C(CNS(=O)(=O)CC#N)C1. The lowest BCUT2D eigenvalue weighted by Gasteiger charge is -2.37. The molecule has 0 aromatic heterocycles. The fraction of sp³-hybridized carbons (Fsp3) is 0.889. The molecule has 1 heterocycles. The van der Waals surface area contributed by atoms with Crippen molar-refractivity contribution >= 4 is 10.0 Å². The van der Waals surface area contributed by atoms with Crippen LogP contribution in [0.2, 0.25) is 0 Å². The van der Waals surface area contributed by atoms with Gasteiger partial charge in [-0.2, -0.15) is 5.26 Å². The zero-order valence-electron chi connectivity index (χ0n) is 9.68. The van der Waals surface area contributed by atoms with E-state index in [0.29, 0.717) is 6.54 Å². The average Bonchev–Trinajstić information content (AvgIpc) is 2.19. The maximum Gasteiger partial charge on any atom is 0.225 e. The van der Waals surface area contributed by atoms with Gasteiger partial charge in [-0.25, -0.2) is 13.1 Å². The first kappa shape index (κ1) is 13.4. The summed E-state index contributed by atoms with van der Waals surface area (Å²) in [5.41, 5.74) is 0. The zero-order valence-corrected chi connectivity index (χ0v) is 10.5. The van der Waals surface area contributed by atoms with Gasteiger partial charge in [-0.15, -0.1) is 0 Å². The minimum Gasteiger partial charge on any atom is -0.303 e. The Labute approximate surface area is 96.9 Å². The number of piperazine rings is 1. The van der Waals surface area contributed by atoms with E-state index in [4.69, 9.17) is 5.26 Å². The first-order chi connectivity index (χ1) is 7.44. The highest BCUT2D eigenvalue weighted by atomic mass is 32.2. The van der Waals surface area contributed by atoms with Gasteiger partial charge in [0.1, 0.15) is 0 Å². The van der Waals surface area contributed by atoms with E-state index in [2.05, 4.69) is 14.5 Å². The third-order valence-electron chi connectivity index (χ3n) is 2.77. The van der Waals surface area contributed by atoms with Gasteiger partial charge in [-0.3, -0.25) is 4.90 Å². The molecule has 0 radical (unpaired) electrons. The molecule has 0 saturated carbocycles. The number of nitriles is 1. The van der Waals surface area contributed by atoms with Crippen molar-refractivity contribution in [2.45, 2.75) is 6.04 Å². The molecular weight excluding hydrogens is 228 g/mol. The second-order valence-electron chi connectivity index (χ2n) is 4.16. The minimum atomic E-state index is -3.43. The molecule has 0 bridgehead atoms. The molecule has 7 heteroatoms. The van der Waals surface area contributed by atoms with Crippen molar-refractivity contribution in [3.05, 3.63) is 0 Å². The van der Waals surface area contributed by atoms with E-state index in [0.717, 1.165) is 19.6 Å². The van der Waals surface area contributed by atoms with E-state index in [1.807, 2.05) is 14.1 Å². The Hall–Kier alpha value is -0.680. The van der Waals surface area contributed by atoms with Gasteiger partial charge in [0, 0.05) is 32.2 Å². The zero-order chi connectivity index (χ0) is 12.2. The fourth-order valence-electron chi connectivity index (χ4n) is 1.68. The van der Waals surface area contributed by atoms with Crippen LogP contribution in [0.5, 0.6) is 0 Å². The first-order valence-corrected chi connectivity index (χ1v) is 6.83. The van der Waals surface area contributed by atoms with Crippen LogP contribution in [0.15, 0.2) is 0 Å². The van der Waals surface area contributed by atoms with E-state index in [9.17, 15) is 8.42 Å². The van der Waals surface area contributed by atoms with Crippen LogP contribution in [0.1, 0.15) is 0 Å². The molecule has 0 spiro atoms. The van der Waals surface area contributed by atoms with Crippen LogP contribution in [0.25, 0.3) is 0 Å². The van der Waals surface area contributed by atoms with E-state index >= 15 is 0 Å². The summed E-state index contributed by atoms with van der Waals surface area (Å²) >= 11 is 0. The summed E-state index contributed by atoms with van der Waals surface area (Å²) in [5, 5.41) is 8.35. The number of likely N-dealkylation sites (N-methyl/N-ethyl adjacent to an activating group) is 2. The molecule has 0 aromatic carbocycles. The van der Waals surface area contributed by atoms with Gasteiger partial charge in [0.2, 0.25) is 10.0 Å². The van der Waals surface area contributed by atoms with Gasteiger partial charge in [0.25, 0.3) is 0 Å². The highest BCUT2D eigenvalue weighted by Crippen LogP contribution is 2.05. The molecule has 6 nitrogen and oxygen atoms in total. The van der Waals surface area contributed by atoms with Gasteiger partial charge in [0.05, 0.1) is 6.07 Å². The van der Waals surface area contributed by atoms with Gasteiger partial charge in [-0.1, -0.05) is 0 Å². The van der Waals surface area contributed by atoms with E-state index in [1.54, 1.807) is 6.07 Å². The molecule has 0 aliphatic carbocycles. The van der Waals surface area contributed by atoms with Crippen molar-refractivity contribution in [3.63, 3.8) is 0 Å². The quantitative estimate of drug-likeness (QED) is 0.665. The lowest BCUT2D eigenvalue weighted by atomic mass is 10.2. The second-order valence-corrected chi connectivity index (χ2v) is 5.97. The minimum absolute atomic E-state index is 0.173. The summed E-state index contributed by atoms with van der Waals surface area (Å²) in [6.07, 6.45) is 0.